The summed E-state index contributed by atoms with van der Waals surface area (Å²) in [7, 11) is -2.03. The van der Waals surface area contributed by atoms with E-state index < -0.39 is 10.0 Å². The SMILES string of the molecule is CCC(CN)NS(=O)(=O)c1cccc(OC)c1. The smallest absolute Gasteiger partial charge is 0.240 e. The maximum Gasteiger partial charge on any atom is 0.240 e. The molecule has 0 amide bonds. The Bertz CT molecular complexity index is 456. The lowest BCUT2D eigenvalue weighted by molar-refractivity contribution is 0.413. The molecule has 0 fully saturated rings. The van der Waals surface area contributed by atoms with Crippen molar-refractivity contribution in [3.05, 3.63) is 24.3 Å². The average molecular weight is 258 g/mol. The average Bonchev–Trinajstić information content (AvgIpc) is 2.36. The van der Waals surface area contributed by atoms with Crippen LogP contribution in [0.25, 0.3) is 0 Å². The molecule has 0 saturated heterocycles. The molecule has 17 heavy (non-hydrogen) atoms. The number of hydrogen-bond donors (Lipinski definition) is 2. The Hall–Kier alpha value is -1.11. The Morgan fingerprint density at radius 3 is 2.71 bits per heavy atom. The Morgan fingerprint density at radius 2 is 2.18 bits per heavy atom. The molecule has 0 radical (unpaired) electrons. The molecule has 5 nitrogen and oxygen atoms in total. The lowest BCUT2D eigenvalue weighted by Crippen LogP contribution is -2.39. The van der Waals surface area contributed by atoms with Crippen LogP contribution in [0.15, 0.2) is 29.2 Å². The zero-order valence-corrected chi connectivity index (χ0v) is 10.8. The van der Waals surface area contributed by atoms with E-state index in [4.69, 9.17) is 10.5 Å². The van der Waals surface area contributed by atoms with Crippen molar-refractivity contribution in [3.8, 4) is 5.75 Å². The van der Waals surface area contributed by atoms with Crippen molar-refractivity contribution in [1.29, 1.82) is 0 Å². The molecular formula is C11H18N2O3S. The minimum absolute atomic E-state index is 0.184. The normalized spacial score (nSPS) is 13.4. The lowest BCUT2D eigenvalue weighted by atomic mass is 10.2. The Morgan fingerprint density at radius 1 is 1.47 bits per heavy atom. The summed E-state index contributed by atoms with van der Waals surface area (Å²) < 4.78 is 31.6. The van der Waals surface area contributed by atoms with Gasteiger partial charge in [-0.2, -0.15) is 0 Å². The largest absolute Gasteiger partial charge is 0.497 e. The fourth-order valence-electron chi connectivity index (χ4n) is 1.35. The first kappa shape index (κ1) is 14.0. The van der Waals surface area contributed by atoms with E-state index in [2.05, 4.69) is 4.72 Å². The van der Waals surface area contributed by atoms with Gasteiger partial charge < -0.3 is 10.5 Å². The van der Waals surface area contributed by atoms with E-state index in [1.54, 1.807) is 12.1 Å². The van der Waals surface area contributed by atoms with Crippen LogP contribution in [-0.4, -0.2) is 28.1 Å². The zero-order valence-electron chi connectivity index (χ0n) is 10.0. The maximum atomic E-state index is 12.0. The molecular weight excluding hydrogens is 240 g/mol. The van der Waals surface area contributed by atoms with Gasteiger partial charge in [0.1, 0.15) is 5.75 Å². The molecule has 1 unspecified atom stereocenters. The van der Waals surface area contributed by atoms with Crippen molar-refractivity contribution in [1.82, 2.24) is 4.72 Å². The van der Waals surface area contributed by atoms with Gasteiger partial charge in [0.15, 0.2) is 0 Å². The molecule has 0 saturated carbocycles. The van der Waals surface area contributed by atoms with Crippen LogP contribution in [0.1, 0.15) is 13.3 Å². The van der Waals surface area contributed by atoms with E-state index in [0.717, 1.165) is 0 Å². The quantitative estimate of drug-likeness (QED) is 0.787. The third-order valence-electron chi connectivity index (χ3n) is 2.45. The monoisotopic (exact) mass is 258 g/mol. The summed E-state index contributed by atoms with van der Waals surface area (Å²) in [6.07, 6.45) is 0.652. The maximum absolute atomic E-state index is 12.0. The van der Waals surface area contributed by atoms with E-state index >= 15 is 0 Å². The minimum atomic E-state index is -3.53. The van der Waals surface area contributed by atoms with Crippen molar-refractivity contribution in [2.24, 2.45) is 5.73 Å². The van der Waals surface area contributed by atoms with Crippen LogP contribution in [-0.2, 0) is 10.0 Å². The van der Waals surface area contributed by atoms with Crippen LogP contribution in [0.5, 0.6) is 5.75 Å². The minimum Gasteiger partial charge on any atom is -0.497 e. The van der Waals surface area contributed by atoms with E-state index in [-0.39, 0.29) is 17.5 Å². The molecule has 0 aliphatic carbocycles. The summed E-state index contributed by atoms with van der Waals surface area (Å²) in [4.78, 5) is 0.184. The lowest BCUT2D eigenvalue weighted by Gasteiger charge is -2.15. The number of rotatable bonds is 6. The summed E-state index contributed by atoms with van der Waals surface area (Å²) in [5, 5.41) is 0. The number of ether oxygens (including phenoxy) is 1. The van der Waals surface area contributed by atoms with Crippen molar-refractivity contribution < 1.29 is 13.2 Å². The van der Waals surface area contributed by atoms with Crippen LogP contribution in [0.4, 0.5) is 0 Å². The highest BCUT2D eigenvalue weighted by molar-refractivity contribution is 7.89. The molecule has 6 heteroatoms. The molecule has 1 aromatic carbocycles. The third-order valence-corrected chi connectivity index (χ3v) is 3.97. The second-order valence-corrected chi connectivity index (χ2v) is 5.36. The van der Waals surface area contributed by atoms with Gasteiger partial charge in [-0.25, -0.2) is 13.1 Å². The van der Waals surface area contributed by atoms with E-state index in [0.29, 0.717) is 12.2 Å². The molecule has 0 aliphatic heterocycles. The molecule has 0 aromatic heterocycles. The zero-order chi connectivity index (χ0) is 12.9. The van der Waals surface area contributed by atoms with Crippen LogP contribution in [0.2, 0.25) is 0 Å². The van der Waals surface area contributed by atoms with Crippen LogP contribution < -0.4 is 15.2 Å². The number of hydrogen-bond acceptors (Lipinski definition) is 4. The molecule has 96 valence electrons. The number of benzene rings is 1. The molecule has 1 aromatic rings. The van der Waals surface area contributed by atoms with E-state index in [9.17, 15) is 8.42 Å². The Kier molecular flexibility index (Phi) is 4.92. The molecule has 0 aliphatic rings. The number of sulfonamides is 1. The Labute approximate surface area is 102 Å². The van der Waals surface area contributed by atoms with Gasteiger partial charge in [-0.15, -0.1) is 0 Å². The van der Waals surface area contributed by atoms with Gasteiger partial charge >= 0.3 is 0 Å². The van der Waals surface area contributed by atoms with E-state index in [1.165, 1.54) is 19.2 Å². The first-order valence-electron chi connectivity index (χ1n) is 5.40. The fourth-order valence-corrected chi connectivity index (χ4v) is 2.72. The van der Waals surface area contributed by atoms with Crippen LogP contribution >= 0.6 is 0 Å². The molecule has 0 spiro atoms. The summed E-state index contributed by atoms with van der Waals surface area (Å²) >= 11 is 0. The van der Waals surface area contributed by atoms with E-state index in [1.807, 2.05) is 6.92 Å². The van der Waals surface area contributed by atoms with Crippen molar-refractivity contribution in [2.45, 2.75) is 24.3 Å². The summed E-state index contributed by atoms with van der Waals surface area (Å²) in [6.45, 7) is 2.16. The highest BCUT2D eigenvalue weighted by Crippen LogP contribution is 2.17. The second-order valence-electron chi connectivity index (χ2n) is 3.64. The predicted octanol–water partition coefficient (Wildman–Crippen LogP) is 0.711. The standard InChI is InChI=1S/C11H18N2O3S/c1-3-9(8-12)13-17(14,15)11-6-4-5-10(7-11)16-2/h4-7,9,13H,3,8,12H2,1-2H3. The highest BCUT2D eigenvalue weighted by Gasteiger charge is 2.18. The van der Waals surface area contributed by atoms with Crippen molar-refractivity contribution in [2.75, 3.05) is 13.7 Å². The van der Waals surface area contributed by atoms with Crippen molar-refractivity contribution >= 4 is 10.0 Å². The highest BCUT2D eigenvalue weighted by atomic mass is 32.2. The summed E-state index contributed by atoms with van der Waals surface area (Å²) in [5.74, 6) is 0.508. The molecule has 0 heterocycles. The van der Waals surface area contributed by atoms with Crippen LogP contribution in [0.3, 0.4) is 0 Å². The topological polar surface area (TPSA) is 81.4 Å². The molecule has 3 N–H and O–H groups in total. The molecule has 1 rings (SSSR count). The van der Waals surface area contributed by atoms with Gasteiger partial charge in [0, 0.05) is 18.7 Å². The molecule has 1 atom stereocenters. The van der Waals surface area contributed by atoms with Gasteiger partial charge in [0.05, 0.1) is 12.0 Å². The van der Waals surface area contributed by atoms with Gasteiger partial charge in [0.25, 0.3) is 0 Å². The summed E-state index contributed by atoms with van der Waals surface area (Å²) in [5.41, 5.74) is 5.47. The van der Waals surface area contributed by atoms with Crippen LogP contribution in [0, 0.1) is 0 Å². The number of methoxy groups -OCH3 is 1. The third kappa shape index (κ3) is 3.69. The van der Waals surface area contributed by atoms with Gasteiger partial charge in [-0.05, 0) is 18.6 Å². The molecule has 0 bridgehead atoms. The number of nitrogens with two attached hydrogens (primary N) is 1. The second kappa shape index (κ2) is 6.00. The predicted molar refractivity (Wildman–Crippen MR) is 66.4 cm³/mol. The van der Waals surface area contributed by atoms with Gasteiger partial charge in [0.2, 0.25) is 10.0 Å². The van der Waals surface area contributed by atoms with Crippen molar-refractivity contribution in [3.63, 3.8) is 0 Å². The first-order chi connectivity index (χ1) is 8.03. The van der Waals surface area contributed by atoms with Gasteiger partial charge in [-0.3, -0.25) is 0 Å². The summed E-state index contributed by atoms with van der Waals surface area (Å²) in [6, 6.07) is 6.08. The van der Waals surface area contributed by atoms with Gasteiger partial charge in [-0.1, -0.05) is 13.0 Å². The fraction of sp³-hybridized carbons (Fsp3) is 0.455. The Balaban J connectivity index is 2.96. The number of nitrogens with one attached hydrogen (secondary N) is 1. The first-order valence-corrected chi connectivity index (χ1v) is 6.88.